The van der Waals surface area contributed by atoms with Gasteiger partial charge < -0.3 is 4.74 Å². The topological polar surface area (TPSA) is 66.5 Å². The van der Waals surface area contributed by atoms with Crippen LogP contribution in [0.5, 0.6) is 0 Å². The highest BCUT2D eigenvalue weighted by Gasteiger charge is 2.56. The number of rotatable bonds is 1. The first-order valence-electron chi connectivity index (χ1n) is 6.54. The van der Waals surface area contributed by atoms with E-state index in [9.17, 15) is 14.8 Å². The molecule has 0 amide bonds. The van der Waals surface area contributed by atoms with Crippen molar-refractivity contribution in [3.63, 3.8) is 0 Å². The summed E-state index contributed by atoms with van der Waals surface area (Å²) >= 11 is 0. The number of carbonyl (C=O) groups excluding carboxylic acids is 2. The van der Waals surface area contributed by atoms with Crippen LogP contribution in [0, 0.1) is 11.3 Å². The first kappa shape index (κ1) is 16.1. The van der Waals surface area contributed by atoms with Crippen LogP contribution in [0.4, 0.5) is 0 Å². The molecule has 1 fully saturated rings. The quantitative estimate of drug-likeness (QED) is 0.542. The third kappa shape index (κ3) is 2.98. The second-order valence-electron chi connectivity index (χ2n) is 7.48. The molecule has 0 saturated carbocycles. The highest BCUT2D eigenvalue weighted by Crippen LogP contribution is 2.44. The van der Waals surface area contributed by atoms with E-state index in [4.69, 9.17) is 4.74 Å². The number of nitrogens with zero attached hydrogens (tertiary/aromatic N) is 1. The molecular weight excluding hydrogens is 246 g/mol. The van der Waals surface area contributed by atoms with Gasteiger partial charge in [-0.2, -0.15) is 0 Å². The van der Waals surface area contributed by atoms with Crippen LogP contribution in [0.3, 0.4) is 0 Å². The van der Waals surface area contributed by atoms with E-state index < -0.39 is 34.3 Å². The molecule has 1 radical (unpaired) electrons. The van der Waals surface area contributed by atoms with Crippen molar-refractivity contribution in [1.29, 1.82) is 0 Å². The number of hydroxylamine groups is 2. The SMILES string of the molecule is CC(C)(C)C(=O)OC(=O)C1CC(C)(C)N([O])C1(C)C. The number of carbonyl (C=O) groups is 2. The molecule has 0 aromatic carbocycles. The average molecular weight is 270 g/mol. The van der Waals surface area contributed by atoms with Crippen LogP contribution in [0.2, 0.25) is 0 Å². The van der Waals surface area contributed by atoms with Gasteiger partial charge in [-0.15, -0.1) is 10.3 Å². The van der Waals surface area contributed by atoms with Crippen molar-refractivity contribution in [1.82, 2.24) is 5.06 Å². The summed E-state index contributed by atoms with van der Waals surface area (Å²) in [6, 6.07) is 0. The minimum atomic E-state index is -0.862. The van der Waals surface area contributed by atoms with Crippen LogP contribution < -0.4 is 0 Å². The molecule has 1 aliphatic heterocycles. The smallest absolute Gasteiger partial charge is 0.318 e. The average Bonchev–Trinajstić information content (AvgIpc) is 2.37. The molecule has 0 N–H and O–H groups in total. The van der Waals surface area contributed by atoms with Crippen molar-refractivity contribution >= 4 is 11.9 Å². The molecule has 19 heavy (non-hydrogen) atoms. The standard InChI is InChI=1S/C14H24NO4/c1-12(2,3)11(17)19-10(16)9-8-13(4,5)15(18)14(9,6)7/h9H,8H2,1-7H3. The zero-order valence-electron chi connectivity index (χ0n) is 12.9. The fourth-order valence-corrected chi connectivity index (χ4v) is 2.44. The van der Waals surface area contributed by atoms with Gasteiger partial charge in [0.2, 0.25) is 0 Å². The Bertz CT molecular complexity index is 393. The summed E-state index contributed by atoms with van der Waals surface area (Å²) in [6.45, 7) is 12.1. The molecule has 0 aromatic rings. The van der Waals surface area contributed by atoms with Crippen molar-refractivity contribution in [2.24, 2.45) is 11.3 Å². The van der Waals surface area contributed by atoms with E-state index in [1.54, 1.807) is 48.5 Å². The molecule has 5 heteroatoms. The molecule has 0 aliphatic carbocycles. The van der Waals surface area contributed by atoms with Gasteiger partial charge in [-0.1, -0.05) is 0 Å². The minimum absolute atomic E-state index is 0.389. The predicted octanol–water partition coefficient (Wildman–Crippen LogP) is 2.33. The summed E-state index contributed by atoms with van der Waals surface area (Å²) in [4.78, 5) is 23.9. The van der Waals surface area contributed by atoms with E-state index in [2.05, 4.69) is 0 Å². The fourth-order valence-electron chi connectivity index (χ4n) is 2.44. The third-order valence-electron chi connectivity index (χ3n) is 3.72. The van der Waals surface area contributed by atoms with Crippen LogP contribution in [0.25, 0.3) is 0 Å². The third-order valence-corrected chi connectivity index (χ3v) is 3.72. The van der Waals surface area contributed by atoms with Gasteiger partial charge in [0.15, 0.2) is 0 Å². The van der Waals surface area contributed by atoms with Gasteiger partial charge in [0.25, 0.3) is 0 Å². The van der Waals surface area contributed by atoms with Gasteiger partial charge in [0.05, 0.1) is 16.9 Å². The van der Waals surface area contributed by atoms with Gasteiger partial charge >= 0.3 is 11.9 Å². The van der Waals surface area contributed by atoms with Crippen molar-refractivity contribution in [2.45, 2.75) is 66.0 Å². The van der Waals surface area contributed by atoms with E-state index in [1.807, 2.05) is 0 Å². The van der Waals surface area contributed by atoms with E-state index in [-0.39, 0.29) is 0 Å². The molecule has 1 unspecified atom stereocenters. The summed E-state index contributed by atoms with van der Waals surface area (Å²) in [6.07, 6.45) is 0.389. The predicted molar refractivity (Wildman–Crippen MR) is 69.3 cm³/mol. The first-order chi connectivity index (χ1) is 8.30. The summed E-state index contributed by atoms with van der Waals surface area (Å²) in [7, 11) is 0. The van der Waals surface area contributed by atoms with Gasteiger partial charge in [-0.05, 0) is 54.9 Å². The Hall–Kier alpha value is -0.940. The number of esters is 2. The zero-order valence-corrected chi connectivity index (χ0v) is 12.9. The van der Waals surface area contributed by atoms with Crippen LogP contribution >= 0.6 is 0 Å². The van der Waals surface area contributed by atoms with Crippen molar-refractivity contribution < 1.29 is 19.5 Å². The summed E-state index contributed by atoms with van der Waals surface area (Å²) in [5.41, 5.74) is -2.22. The maximum absolute atomic E-state index is 12.2. The highest BCUT2D eigenvalue weighted by atomic mass is 16.6. The van der Waals surface area contributed by atoms with Gasteiger partial charge in [0.1, 0.15) is 0 Å². The molecule has 1 aliphatic rings. The Morgan fingerprint density at radius 1 is 1.16 bits per heavy atom. The maximum atomic E-state index is 12.2. The molecule has 0 bridgehead atoms. The Morgan fingerprint density at radius 3 is 1.95 bits per heavy atom. The lowest BCUT2D eigenvalue weighted by molar-refractivity contribution is -0.248. The van der Waals surface area contributed by atoms with Crippen molar-refractivity contribution in [2.75, 3.05) is 0 Å². The molecule has 1 saturated heterocycles. The maximum Gasteiger partial charge on any atom is 0.318 e. The van der Waals surface area contributed by atoms with E-state index in [1.165, 1.54) is 0 Å². The Morgan fingerprint density at radius 2 is 1.63 bits per heavy atom. The van der Waals surface area contributed by atoms with Crippen LogP contribution in [0.15, 0.2) is 0 Å². The van der Waals surface area contributed by atoms with Gasteiger partial charge in [0, 0.05) is 5.54 Å². The lowest BCUT2D eigenvalue weighted by Gasteiger charge is -2.33. The molecule has 109 valence electrons. The monoisotopic (exact) mass is 270 g/mol. The Balaban J connectivity index is 2.88. The fraction of sp³-hybridized carbons (Fsp3) is 0.857. The molecule has 0 spiro atoms. The van der Waals surface area contributed by atoms with Gasteiger partial charge in [-0.25, -0.2) is 0 Å². The second kappa shape index (κ2) is 4.56. The molecular formula is C14H24NO4. The van der Waals surface area contributed by atoms with Crippen molar-refractivity contribution in [3.8, 4) is 0 Å². The molecule has 0 aromatic heterocycles. The molecule has 1 heterocycles. The van der Waals surface area contributed by atoms with E-state index in [0.29, 0.717) is 6.42 Å². The van der Waals surface area contributed by atoms with E-state index in [0.717, 1.165) is 5.06 Å². The molecule has 1 rings (SSSR count). The zero-order chi connectivity index (χ0) is 15.2. The van der Waals surface area contributed by atoms with Crippen LogP contribution in [-0.2, 0) is 19.5 Å². The number of ether oxygens (including phenoxy) is 1. The minimum Gasteiger partial charge on any atom is -0.392 e. The molecule has 1 atom stereocenters. The lowest BCUT2D eigenvalue weighted by Crippen LogP contribution is -2.48. The van der Waals surface area contributed by atoms with Crippen LogP contribution in [-0.4, -0.2) is 28.1 Å². The van der Waals surface area contributed by atoms with Gasteiger partial charge in [-0.3, -0.25) is 9.59 Å². The van der Waals surface area contributed by atoms with Crippen LogP contribution in [0.1, 0.15) is 54.9 Å². The Kier molecular flexibility index (Phi) is 3.87. The highest BCUT2D eigenvalue weighted by molar-refractivity contribution is 5.90. The summed E-state index contributed by atoms with van der Waals surface area (Å²) in [5.74, 6) is -1.75. The number of hydrogen-bond donors (Lipinski definition) is 0. The summed E-state index contributed by atoms with van der Waals surface area (Å²) in [5, 5.41) is 13.1. The normalized spacial score (nSPS) is 26.2. The lowest BCUT2D eigenvalue weighted by atomic mass is 9.87. The Labute approximate surface area is 114 Å². The van der Waals surface area contributed by atoms with Crippen molar-refractivity contribution in [3.05, 3.63) is 0 Å². The largest absolute Gasteiger partial charge is 0.392 e. The van der Waals surface area contributed by atoms with E-state index >= 15 is 0 Å². The summed E-state index contributed by atoms with van der Waals surface area (Å²) < 4.78 is 4.93. The molecule has 5 nitrogen and oxygen atoms in total. The second-order valence-corrected chi connectivity index (χ2v) is 7.48. The first-order valence-corrected chi connectivity index (χ1v) is 6.54. The number of hydrogen-bond acceptors (Lipinski definition) is 4.